The smallest absolute Gasteiger partial charge is 0.405 e. The van der Waals surface area contributed by atoms with Crippen LogP contribution in [0.5, 0.6) is 0 Å². The standard InChI is InChI=1S/C32H36F6N8OS2/c1-20-21(17-43-7-5-22(6-8-43)42-29-26-14-24(15-31(33,34)35)48-30(26)41-19-40-29)3-4-27-25(20)13-23(16-39)46(27)18-28(32(36,37)38)44-9-11-45(12-10-44)49(2)47/h3-4,13-14,19,22,28H,5-12,15,17-18H2,1-2H3,(H,40,41,42). The monoisotopic (exact) mass is 726 g/mol. The summed E-state index contributed by atoms with van der Waals surface area (Å²) in [5.41, 5.74) is 2.67. The molecule has 0 bridgehead atoms. The highest BCUT2D eigenvalue weighted by molar-refractivity contribution is 7.88. The van der Waals surface area contributed by atoms with Gasteiger partial charge >= 0.3 is 12.4 Å². The summed E-state index contributed by atoms with van der Waals surface area (Å²) >= 11 is -0.227. The van der Waals surface area contributed by atoms with Gasteiger partial charge in [-0.2, -0.15) is 31.6 Å². The topological polar surface area (TPSA) is 99.3 Å². The molecule has 2 fully saturated rings. The van der Waals surface area contributed by atoms with Gasteiger partial charge in [-0.25, -0.2) is 9.97 Å². The van der Waals surface area contributed by atoms with Crippen LogP contribution in [0.1, 0.15) is 34.5 Å². The molecule has 0 amide bonds. The van der Waals surface area contributed by atoms with Crippen molar-refractivity contribution in [3.8, 4) is 6.07 Å². The molecule has 2 atom stereocenters. The molecule has 49 heavy (non-hydrogen) atoms. The lowest BCUT2D eigenvalue weighted by Gasteiger charge is -2.39. The van der Waals surface area contributed by atoms with E-state index in [0.29, 0.717) is 28.1 Å². The number of rotatable bonds is 9. The van der Waals surface area contributed by atoms with Crippen LogP contribution in [-0.2, 0) is 30.9 Å². The van der Waals surface area contributed by atoms with Crippen molar-refractivity contribution in [3.05, 3.63) is 52.3 Å². The first kappa shape index (κ1) is 35.7. The second-order valence-electron chi connectivity index (χ2n) is 12.6. The molecule has 0 saturated carbocycles. The maximum Gasteiger partial charge on any atom is 0.405 e. The lowest BCUT2D eigenvalue weighted by atomic mass is 10.0. The summed E-state index contributed by atoms with van der Waals surface area (Å²) in [5, 5.41) is 14.7. The number of thiophene rings is 1. The van der Waals surface area contributed by atoms with E-state index in [1.165, 1.54) is 28.1 Å². The van der Waals surface area contributed by atoms with Gasteiger partial charge in [-0.15, -0.1) is 15.6 Å². The number of nitriles is 1. The third kappa shape index (κ3) is 8.10. The van der Waals surface area contributed by atoms with E-state index in [2.05, 4.69) is 26.3 Å². The Morgan fingerprint density at radius 2 is 1.76 bits per heavy atom. The number of hydrogen-bond acceptors (Lipinski definition) is 9. The predicted molar refractivity (Wildman–Crippen MR) is 178 cm³/mol. The van der Waals surface area contributed by atoms with Gasteiger partial charge in [-0.3, -0.25) is 9.80 Å². The molecule has 6 rings (SSSR count). The minimum atomic E-state index is -4.52. The van der Waals surface area contributed by atoms with Gasteiger partial charge in [0.25, 0.3) is 0 Å². The molecule has 1 N–H and O–H groups in total. The fourth-order valence-corrected chi connectivity index (χ4v) is 8.53. The van der Waals surface area contributed by atoms with Crippen molar-refractivity contribution < 1.29 is 30.9 Å². The summed E-state index contributed by atoms with van der Waals surface area (Å²) in [6.07, 6.45) is -5.39. The first-order valence-corrected chi connectivity index (χ1v) is 18.2. The zero-order valence-electron chi connectivity index (χ0n) is 26.9. The number of nitrogens with one attached hydrogen (secondary N) is 1. The molecule has 2 saturated heterocycles. The second kappa shape index (κ2) is 14.2. The van der Waals surface area contributed by atoms with Crippen LogP contribution in [0.15, 0.2) is 30.6 Å². The molecule has 0 radical (unpaired) electrons. The number of aromatic nitrogens is 3. The zero-order chi connectivity index (χ0) is 35.1. The Labute approximate surface area is 286 Å². The summed E-state index contributed by atoms with van der Waals surface area (Å²) < 4.78 is 97.0. The molecule has 3 aromatic heterocycles. The summed E-state index contributed by atoms with van der Waals surface area (Å²) in [7, 11) is 0. The lowest BCUT2D eigenvalue weighted by Crippen LogP contribution is -2.56. The first-order chi connectivity index (χ1) is 23.2. The average Bonchev–Trinajstić information content (AvgIpc) is 3.62. The molecular formula is C32H36F6N8OS2. The number of piperazine rings is 1. The van der Waals surface area contributed by atoms with Crippen LogP contribution in [0, 0.1) is 18.3 Å². The minimum absolute atomic E-state index is 0.0739. The van der Waals surface area contributed by atoms with E-state index in [0.717, 1.165) is 53.8 Å². The van der Waals surface area contributed by atoms with Crippen molar-refractivity contribution in [2.75, 3.05) is 50.8 Å². The van der Waals surface area contributed by atoms with Crippen LogP contribution >= 0.6 is 11.3 Å². The van der Waals surface area contributed by atoms with Gasteiger partial charge in [-0.05, 0) is 49.1 Å². The van der Waals surface area contributed by atoms with E-state index in [-0.39, 0.29) is 42.8 Å². The van der Waals surface area contributed by atoms with Gasteiger partial charge in [0.05, 0.1) is 24.9 Å². The van der Waals surface area contributed by atoms with E-state index < -0.39 is 42.7 Å². The van der Waals surface area contributed by atoms with Gasteiger partial charge in [-0.1, -0.05) is 6.07 Å². The summed E-state index contributed by atoms with van der Waals surface area (Å²) in [4.78, 5) is 12.8. The van der Waals surface area contributed by atoms with Gasteiger partial charge < -0.3 is 14.4 Å². The zero-order valence-corrected chi connectivity index (χ0v) is 28.6. The van der Waals surface area contributed by atoms with Gasteiger partial charge in [0.2, 0.25) is 0 Å². The van der Waals surface area contributed by atoms with Crippen molar-refractivity contribution in [1.29, 1.82) is 5.26 Å². The largest absolute Gasteiger partial charge is 0.598 e. The average molecular weight is 727 g/mol. The molecule has 17 heteroatoms. The van der Waals surface area contributed by atoms with Crippen LogP contribution < -0.4 is 5.32 Å². The van der Waals surface area contributed by atoms with Crippen molar-refractivity contribution in [2.24, 2.45) is 0 Å². The number of benzene rings is 1. The Hall–Kier alpha value is -3.14. The van der Waals surface area contributed by atoms with E-state index in [9.17, 15) is 36.2 Å². The molecule has 2 unspecified atom stereocenters. The summed E-state index contributed by atoms with van der Waals surface area (Å²) in [5.74, 6) is 0.527. The molecular weight excluding hydrogens is 691 g/mol. The number of anilines is 1. The highest BCUT2D eigenvalue weighted by Gasteiger charge is 2.45. The second-order valence-corrected chi connectivity index (χ2v) is 15.1. The van der Waals surface area contributed by atoms with Crippen molar-refractivity contribution >= 4 is 49.6 Å². The predicted octanol–water partition coefficient (Wildman–Crippen LogP) is 5.85. The van der Waals surface area contributed by atoms with E-state index in [1.54, 1.807) is 16.4 Å². The maximum atomic E-state index is 14.4. The van der Waals surface area contributed by atoms with Crippen molar-refractivity contribution in [2.45, 2.75) is 63.7 Å². The summed E-state index contributed by atoms with van der Waals surface area (Å²) in [6, 6.07) is 7.27. The van der Waals surface area contributed by atoms with Gasteiger partial charge in [0, 0.05) is 72.5 Å². The highest BCUT2D eigenvalue weighted by Crippen LogP contribution is 2.34. The number of alkyl halides is 6. The fourth-order valence-electron chi connectivity index (χ4n) is 6.83. The maximum absolute atomic E-state index is 14.4. The Morgan fingerprint density at radius 3 is 2.39 bits per heavy atom. The Balaban J connectivity index is 1.12. The number of piperidine rings is 1. The fraction of sp³-hybridized carbons (Fsp3) is 0.531. The van der Waals surface area contributed by atoms with Crippen LogP contribution in [0.4, 0.5) is 32.2 Å². The number of nitrogens with zero attached hydrogens (tertiary/aromatic N) is 7. The highest BCUT2D eigenvalue weighted by atomic mass is 32.2. The number of hydrogen-bond donors (Lipinski definition) is 1. The number of fused-ring (bicyclic) bond motifs is 2. The molecule has 5 heterocycles. The number of likely N-dealkylation sites (tertiary alicyclic amines) is 1. The molecule has 9 nitrogen and oxygen atoms in total. The van der Waals surface area contributed by atoms with Crippen LogP contribution in [0.3, 0.4) is 0 Å². The van der Waals surface area contributed by atoms with Crippen LogP contribution in [0.2, 0.25) is 0 Å². The van der Waals surface area contributed by atoms with Crippen LogP contribution in [-0.4, -0.2) is 103 Å². The molecule has 1 aromatic carbocycles. The normalized spacial score (nSPS) is 19.0. The third-order valence-corrected chi connectivity index (χ3v) is 11.6. The van der Waals surface area contributed by atoms with Gasteiger partial charge in [0.1, 0.15) is 41.0 Å². The van der Waals surface area contributed by atoms with E-state index in [1.807, 2.05) is 13.0 Å². The van der Waals surface area contributed by atoms with Crippen molar-refractivity contribution in [3.63, 3.8) is 0 Å². The van der Waals surface area contributed by atoms with Crippen LogP contribution in [0.25, 0.3) is 21.1 Å². The SMILES string of the molecule is Cc1c(CN2CCC(Nc3ncnc4sc(CC(F)(F)F)cc34)CC2)ccc2c1cc(C#N)n2CC(N1CCN([S+](C)[O-])CC1)C(F)(F)F. The van der Waals surface area contributed by atoms with Crippen molar-refractivity contribution in [1.82, 2.24) is 28.6 Å². The molecule has 0 aliphatic carbocycles. The molecule has 2 aliphatic rings. The van der Waals surface area contributed by atoms with E-state index >= 15 is 0 Å². The molecule has 0 spiro atoms. The van der Waals surface area contributed by atoms with Gasteiger partial charge in [0.15, 0.2) is 0 Å². The lowest BCUT2D eigenvalue weighted by molar-refractivity contribution is -0.189. The summed E-state index contributed by atoms with van der Waals surface area (Å²) in [6.45, 7) is 4.43. The Kier molecular flexibility index (Phi) is 10.4. The Morgan fingerprint density at radius 1 is 1.04 bits per heavy atom. The number of aryl methyl sites for hydroxylation is 1. The molecule has 4 aromatic rings. The third-order valence-electron chi connectivity index (χ3n) is 9.47. The molecule has 264 valence electrons. The quantitative estimate of drug-likeness (QED) is 0.170. The van der Waals surface area contributed by atoms with E-state index in [4.69, 9.17) is 0 Å². The number of halogens is 6. The first-order valence-electron chi connectivity index (χ1n) is 15.9. The minimum Gasteiger partial charge on any atom is -0.598 e. The molecule has 2 aliphatic heterocycles. The Bertz CT molecular complexity index is 1820.